The average Bonchev–Trinajstić information content (AvgIpc) is 2.76. The quantitative estimate of drug-likeness (QED) is 0.410. The Morgan fingerprint density at radius 2 is 1.58 bits per heavy atom. The zero-order valence-electron chi connectivity index (χ0n) is 25.4. The molecule has 7 nitrogen and oxygen atoms in total. The lowest BCUT2D eigenvalue weighted by Crippen LogP contribution is -2.59. The minimum Gasteiger partial charge on any atom is -0.444 e. The third-order valence-corrected chi connectivity index (χ3v) is 6.96. The summed E-state index contributed by atoms with van der Waals surface area (Å²) in [5, 5.41) is 6.09. The number of rotatable bonds is 8. The van der Waals surface area contributed by atoms with Crippen molar-refractivity contribution in [3.8, 4) is 0 Å². The van der Waals surface area contributed by atoms with Gasteiger partial charge in [0.1, 0.15) is 17.7 Å². The molecule has 2 rings (SSSR count). The van der Waals surface area contributed by atoms with Crippen LogP contribution in [-0.2, 0) is 14.3 Å². The topological polar surface area (TPSA) is 87.7 Å². The number of hydrogen-bond donors (Lipinski definition) is 2. The molecule has 214 valence electrons. The summed E-state index contributed by atoms with van der Waals surface area (Å²) < 4.78 is 5.49. The van der Waals surface area contributed by atoms with E-state index in [4.69, 9.17) is 4.74 Å². The second kappa shape index (κ2) is 13.0. The first-order valence-corrected chi connectivity index (χ1v) is 14.2. The van der Waals surface area contributed by atoms with Gasteiger partial charge in [-0.25, -0.2) is 4.79 Å². The van der Waals surface area contributed by atoms with E-state index in [1.54, 1.807) is 25.7 Å². The molecule has 0 heterocycles. The van der Waals surface area contributed by atoms with Crippen LogP contribution in [0.1, 0.15) is 117 Å². The molecule has 1 aromatic rings. The van der Waals surface area contributed by atoms with Gasteiger partial charge in [0.05, 0.1) is 0 Å². The standard InChI is InChI=1S/C31H51N3O4/c1-20(2)18-25(33-29(37)38-31(8,9)10)28(36)34(30(5,6)7)26(23-17-16-21(3)22(4)19-23)27(35)32-24-14-12-11-13-15-24/h16-17,19-20,24-26H,11-15,18H2,1-10H3,(H,32,35)(H,33,37). The molecule has 0 aliphatic heterocycles. The third kappa shape index (κ3) is 9.32. The number of nitrogens with one attached hydrogen (secondary N) is 2. The third-order valence-electron chi connectivity index (χ3n) is 6.96. The number of carbonyl (C=O) groups excluding carboxylic acids is 3. The second-order valence-electron chi connectivity index (χ2n) is 13.3. The first-order valence-electron chi connectivity index (χ1n) is 14.2. The number of ether oxygens (including phenoxy) is 1. The fourth-order valence-corrected chi connectivity index (χ4v) is 5.04. The lowest BCUT2D eigenvalue weighted by atomic mass is 9.91. The van der Waals surface area contributed by atoms with Crippen molar-refractivity contribution in [2.45, 2.75) is 137 Å². The fraction of sp³-hybridized carbons (Fsp3) is 0.710. The summed E-state index contributed by atoms with van der Waals surface area (Å²) in [6.45, 7) is 19.3. The lowest BCUT2D eigenvalue weighted by molar-refractivity contribution is -0.149. The molecule has 0 spiro atoms. The molecule has 2 atom stereocenters. The maximum absolute atomic E-state index is 14.4. The minimum absolute atomic E-state index is 0.105. The van der Waals surface area contributed by atoms with Crippen LogP contribution in [0.3, 0.4) is 0 Å². The highest BCUT2D eigenvalue weighted by Gasteiger charge is 2.42. The highest BCUT2D eigenvalue weighted by molar-refractivity contribution is 5.92. The van der Waals surface area contributed by atoms with E-state index in [-0.39, 0.29) is 23.8 Å². The molecule has 2 N–H and O–H groups in total. The largest absolute Gasteiger partial charge is 0.444 e. The van der Waals surface area contributed by atoms with E-state index in [1.807, 2.05) is 66.7 Å². The number of amides is 3. The van der Waals surface area contributed by atoms with Gasteiger partial charge in [0.25, 0.3) is 0 Å². The van der Waals surface area contributed by atoms with Crippen molar-refractivity contribution in [2.24, 2.45) is 5.92 Å². The fourth-order valence-electron chi connectivity index (χ4n) is 5.04. The molecule has 1 fully saturated rings. The zero-order valence-corrected chi connectivity index (χ0v) is 25.4. The Bertz CT molecular complexity index is 968. The Morgan fingerprint density at radius 3 is 2.08 bits per heavy atom. The maximum Gasteiger partial charge on any atom is 0.408 e. The van der Waals surface area contributed by atoms with Crippen LogP contribution >= 0.6 is 0 Å². The predicted molar refractivity (Wildman–Crippen MR) is 153 cm³/mol. The van der Waals surface area contributed by atoms with E-state index in [1.165, 1.54) is 6.42 Å². The van der Waals surface area contributed by atoms with Crippen molar-refractivity contribution in [3.63, 3.8) is 0 Å². The smallest absolute Gasteiger partial charge is 0.408 e. The number of benzene rings is 1. The van der Waals surface area contributed by atoms with E-state index in [2.05, 4.69) is 10.6 Å². The van der Waals surface area contributed by atoms with Gasteiger partial charge in [-0.05, 0) is 97.3 Å². The molecule has 1 aliphatic carbocycles. The van der Waals surface area contributed by atoms with Gasteiger partial charge in [0.2, 0.25) is 11.8 Å². The van der Waals surface area contributed by atoms with Crippen LogP contribution in [-0.4, -0.2) is 46.0 Å². The minimum atomic E-state index is -0.834. The Hall–Kier alpha value is -2.57. The van der Waals surface area contributed by atoms with Crippen LogP contribution in [0.15, 0.2) is 18.2 Å². The zero-order chi connectivity index (χ0) is 28.8. The van der Waals surface area contributed by atoms with Gasteiger partial charge in [-0.15, -0.1) is 0 Å². The summed E-state index contributed by atoms with van der Waals surface area (Å²) in [5.41, 5.74) is 1.56. The first kappa shape index (κ1) is 31.6. The molecule has 38 heavy (non-hydrogen) atoms. The Kier molecular flexibility index (Phi) is 10.8. The summed E-state index contributed by atoms with van der Waals surface area (Å²) in [7, 11) is 0. The molecule has 1 saturated carbocycles. The van der Waals surface area contributed by atoms with Crippen LogP contribution in [0.2, 0.25) is 0 Å². The van der Waals surface area contributed by atoms with Crippen molar-refractivity contribution in [2.75, 3.05) is 0 Å². The van der Waals surface area contributed by atoms with Crippen LogP contribution in [0, 0.1) is 19.8 Å². The summed E-state index contributed by atoms with van der Waals surface area (Å²) in [6.07, 6.45) is 5.06. The van der Waals surface area contributed by atoms with Gasteiger partial charge in [-0.3, -0.25) is 9.59 Å². The molecule has 0 radical (unpaired) electrons. The van der Waals surface area contributed by atoms with E-state index >= 15 is 0 Å². The van der Waals surface area contributed by atoms with Gasteiger partial charge in [-0.1, -0.05) is 51.3 Å². The number of aryl methyl sites for hydroxylation is 2. The van der Waals surface area contributed by atoms with Crippen LogP contribution in [0.4, 0.5) is 4.79 Å². The Labute approximate surface area is 230 Å². The number of hydrogen-bond acceptors (Lipinski definition) is 4. The lowest BCUT2D eigenvalue weighted by Gasteiger charge is -2.43. The Morgan fingerprint density at radius 1 is 0.974 bits per heavy atom. The molecule has 0 saturated heterocycles. The highest BCUT2D eigenvalue weighted by atomic mass is 16.6. The van der Waals surface area contributed by atoms with Crippen molar-refractivity contribution >= 4 is 17.9 Å². The van der Waals surface area contributed by atoms with Crippen molar-refractivity contribution in [1.29, 1.82) is 0 Å². The molecule has 0 bridgehead atoms. The van der Waals surface area contributed by atoms with Crippen LogP contribution in [0.5, 0.6) is 0 Å². The summed E-state index contributed by atoms with van der Waals surface area (Å²) >= 11 is 0. The van der Waals surface area contributed by atoms with Gasteiger partial charge >= 0.3 is 6.09 Å². The van der Waals surface area contributed by atoms with E-state index < -0.39 is 29.3 Å². The summed E-state index contributed by atoms with van der Waals surface area (Å²) in [4.78, 5) is 42.8. The monoisotopic (exact) mass is 529 g/mol. The highest BCUT2D eigenvalue weighted by Crippen LogP contribution is 2.32. The van der Waals surface area contributed by atoms with Crippen molar-refractivity contribution in [3.05, 3.63) is 34.9 Å². The van der Waals surface area contributed by atoms with Gasteiger partial charge in [0.15, 0.2) is 0 Å². The number of nitrogens with zero attached hydrogens (tertiary/aromatic N) is 1. The summed E-state index contributed by atoms with van der Waals surface area (Å²) in [5.74, 6) is -0.333. The van der Waals surface area contributed by atoms with Gasteiger partial charge in [0, 0.05) is 11.6 Å². The van der Waals surface area contributed by atoms with E-state index in [9.17, 15) is 14.4 Å². The molecular weight excluding hydrogens is 478 g/mol. The summed E-state index contributed by atoms with van der Waals surface area (Å²) in [6, 6.07) is 4.39. The SMILES string of the molecule is Cc1ccc(C(C(=O)NC2CCCCC2)N(C(=O)C(CC(C)C)NC(=O)OC(C)(C)C)C(C)(C)C)cc1C. The van der Waals surface area contributed by atoms with Crippen LogP contribution in [0.25, 0.3) is 0 Å². The molecule has 1 aliphatic rings. The average molecular weight is 530 g/mol. The Balaban J connectivity index is 2.54. The van der Waals surface area contributed by atoms with Gasteiger partial charge < -0.3 is 20.3 Å². The second-order valence-corrected chi connectivity index (χ2v) is 13.3. The molecule has 7 heteroatoms. The number of alkyl carbamates (subject to hydrolysis) is 1. The molecule has 2 unspecified atom stereocenters. The molecule has 0 aromatic heterocycles. The molecule has 3 amide bonds. The van der Waals surface area contributed by atoms with Crippen molar-refractivity contribution in [1.82, 2.24) is 15.5 Å². The number of carbonyl (C=O) groups is 3. The normalized spacial score (nSPS) is 16.5. The van der Waals surface area contributed by atoms with Gasteiger partial charge in [-0.2, -0.15) is 0 Å². The van der Waals surface area contributed by atoms with Crippen LogP contribution < -0.4 is 10.6 Å². The van der Waals surface area contributed by atoms with E-state index in [0.29, 0.717) is 6.42 Å². The predicted octanol–water partition coefficient (Wildman–Crippen LogP) is 6.36. The van der Waals surface area contributed by atoms with E-state index in [0.717, 1.165) is 42.4 Å². The first-order chi connectivity index (χ1) is 17.5. The molecular formula is C31H51N3O4. The maximum atomic E-state index is 14.4. The molecule has 1 aromatic carbocycles. The van der Waals surface area contributed by atoms with Crippen molar-refractivity contribution < 1.29 is 19.1 Å².